The molecule has 2 aromatic rings. The van der Waals surface area contributed by atoms with Crippen molar-refractivity contribution in [1.82, 2.24) is 10.6 Å². The summed E-state index contributed by atoms with van der Waals surface area (Å²) in [7, 11) is -2.60. The van der Waals surface area contributed by atoms with Gasteiger partial charge in [0.1, 0.15) is 39.0 Å². The summed E-state index contributed by atoms with van der Waals surface area (Å²) in [4.78, 5) is 25.7. The van der Waals surface area contributed by atoms with Crippen LogP contribution in [0.2, 0.25) is 51.4 Å². The van der Waals surface area contributed by atoms with Crippen LogP contribution in [0.1, 0.15) is 25.0 Å². The van der Waals surface area contributed by atoms with E-state index >= 15 is 0 Å². The van der Waals surface area contributed by atoms with Gasteiger partial charge in [0.2, 0.25) is 0 Å². The average molecular weight is 677 g/mol. The maximum Gasteiger partial charge on any atom is 0.407 e. The highest BCUT2D eigenvalue weighted by molar-refractivity contribution is 6.76. The number of nitrogens with one attached hydrogen (secondary N) is 2. The lowest BCUT2D eigenvalue weighted by molar-refractivity contribution is -0.178. The fourth-order valence-corrected chi connectivity index (χ4v) is 5.75. The van der Waals surface area contributed by atoms with Crippen molar-refractivity contribution in [1.29, 1.82) is 0 Å². The quantitative estimate of drug-likeness (QED) is 0.0825. The number of benzene rings is 2. The van der Waals surface area contributed by atoms with Gasteiger partial charge in [0, 0.05) is 29.4 Å². The van der Waals surface area contributed by atoms with Crippen LogP contribution >= 0.6 is 0 Å². The van der Waals surface area contributed by atoms with Gasteiger partial charge in [0.25, 0.3) is 0 Å². The maximum absolute atomic E-state index is 12.8. The van der Waals surface area contributed by atoms with Gasteiger partial charge in [-0.2, -0.15) is 0 Å². The van der Waals surface area contributed by atoms with Gasteiger partial charge in [-0.3, -0.25) is 0 Å². The minimum Gasteiger partial charge on any atom is -0.445 e. The van der Waals surface area contributed by atoms with Crippen LogP contribution in [0.5, 0.6) is 0 Å². The normalized spacial score (nSPS) is 14.5. The molecule has 12 heteroatoms. The smallest absolute Gasteiger partial charge is 0.407 e. The molecule has 4 atom stereocenters. The molecule has 258 valence electrons. The number of rotatable bonds is 21. The van der Waals surface area contributed by atoms with Crippen LogP contribution in [-0.2, 0) is 41.6 Å². The Kier molecular flexibility index (Phi) is 17.6. The van der Waals surface area contributed by atoms with Crippen molar-refractivity contribution in [2.24, 2.45) is 0 Å². The third-order valence-corrected chi connectivity index (χ3v) is 10.5. The number of ether oxygens (including phenoxy) is 6. The van der Waals surface area contributed by atoms with Crippen molar-refractivity contribution >= 4 is 28.3 Å². The topological polar surface area (TPSA) is 114 Å². The number of carbonyl (C=O) groups is 2. The number of alkyl carbamates (subject to hydrolysis) is 2. The largest absolute Gasteiger partial charge is 0.445 e. The molecule has 0 bridgehead atoms. The molecule has 0 aliphatic heterocycles. The molecule has 10 nitrogen and oxygen atoms in total. The number of amides is 2. The molecule has 0 unspecified atom stereocenters. The minimum atomic E-state index is -1.30. The average Bonchev–Trinajstić information content (AvgIpc) is 2.99. The van der Waals surface area contributed by atoms with Crippen molar-refractivity contribution in [3.05, 3.63) is 71.8 Å². The first-order valence-corrected chi connectivity index (χ1v) is 23.5. The lowest BCUT2D eigenvalue weighted by Gasteiger charge is -2.35. The van der Waals surface area contributed by atoms with Gasteiger partial charge < -0.3 is 39.1 Å². The van der Waals surface area contributed by atoms with Gasteiger partial charge in [-0.15, -0.1) is 0 Å². The van der Waals surface area contributed by atoms with Crippen molar-refractivity contribution < 1.29 is 38.0 Å². The lowest BCUT2D eigenvalue weighted by atomic mass is 10.0. The molecule has 2 aromatic carbocycles. The molecule has 2 rings (SSSR count). The predicted octanol–water partition coefficient (Wildman–Crippen LogP) is 7.01. The molecule has 2 amide bonds. The summed E-state index contributed by atoms with van der Waals surface area (Å²) < 4.78 is 35.1. The summed E-state index contributed by atoms with van der Waals surface area (Å²) in [6, 6.07) is 19.7. The summed E-state index contributed by atoms with van der Waals surface area (Å²) in [6.07, 6.45) is -2.67. The van der Waals surface area contributed by atoms with Crippen molar-refractivity contribution in [2.45, 2.75) is 103 Å². The third-order valence-electron chi connectivity index (χ3n) is 7.11. The predicted molar refractivity (Wildman–Crippen MR) is 186 cm³/mol. The van der Waals surface area contributed by atoms with E-state index in [1.165, 1.54) is 0 Å². The Hall–Kier alpha value is -2.75. The molecule has 0 spiro atoms. The first kappa shape index (κ1) is 39.4. The van der Waals surface area contributed by atoms with Crippen LogP contribution in [0, 0.1) is 0 Å². The molecular weight excluding hydrogens is 621 g/mol. The van der Waals surface area contributed by atoms with Gasteiger partial charge >= 0.3 is 12.2 Å². The number of hydrogen-bond donors (Lipinski definition) is 2. The molecule has 0 radical (unpaired) electrons. The van der Waals surface area contributed by atoms with Crippen LogP contribution in [0.15, 0.2) is 60.7 Å². The van der Waals surface area contributed by atoms with E-state index in [0.29, 0.717) is 13.2 Å². The van der Waals surface area contributed by atoms with Gasteiger partial charge in [-0.05, 0) is 37.1 Å². The monoisotopic (exact) mass is 676 g/mol. The van der Waals surface area contributed by atoms with Crippen molar-refractivity contribution in [3.63, 3.8) is 0 Å². The number of hydrogen-bond acceptors (Lipinski definition) is 8. The highest BCUT2D eigenvalue weighted by atomic mass is 28.3. The van der Waals surface area contributed by atoms with E-state index in [9.17, 15) is 9.59 Å². The first-order valence-electron chi connectivity index (χ1n) is 16.1. The van der Waals surface area contributed by atoms with Crippen molar-refractivity contribution in [2.75, 3.05) is 26.8 Å². The second-order valence-electron chi connectivity index (χ2n) is 13.9. The van der Waals surface area contributed by atoms with Crippen LogP contribution in [-0.4, -0.2) is 79.4 Å². The molecule has 0 aliphatic carbocycles. The van der Waals surface area contributed by atoms with Crippen LogP contribution in [0.25, 0.3) is 0 Å². The number of carbonyl (C=O) groups excluding carboxylic acids is 2. The Bertz CT molecular complexity index is 1040. The standard InChI is InChI=1S/C34H56N2O8Si2/c1-27(35-33(37)41-23-29-15-11-9-12-16-29)31(43-25-39-19-21-45(3,4)5)32(44-26-40-20-22-46(6,7)8)28(2)36-34(38)42-24-30-17-13-10-14-18-30/h9-18,27-28,31-32H,19-26H2,1-8H3,(H,35,37)(H,36,38)/t27-,28-,31+,32+/m1/s1. The SMILES string of the molecule is C[C@@H](NC(=O)OCc1ccccc1)[C@H](OCOCC[Si](C)(C)C)[C@@H](OCOCC[Si](C)(C)C)[C@@H](C)NC(=O)OCc1ccccc1. The Morgan fingerprint density at radius 1 is 0.609 bits per heavy atom. The van der Waals surface area contributed by atoms with E-state index in [1.807, 2.05) is 60.7 Å². The fraction of sp³-hybridized carbons (Fsp3) is 0.588. The van der Waals surface area contributed by atoms with E-state index in [-0.39, 0.29) is 26.8 Å². The Morgan fingerprint density at radius 2 is 0.957 bits per heavy atom. The van der Waals surface area contributed by atoms with Gasteiger partial charge in [0.05, 0.1) is 12.1 Å². The van der Waals surface area contributed by atoms with Crippen LogP contribution in [0.3, 0.4) is 0 Å². The maximum atomic E-state index is 12.8. The Labute approximate surface area is 277 Å². The van der Waals surface area contributed by atoms with Crippen molar-refractivity contribution in [3.8, 4) is 0 Å². The van der Waals surface area contributed by atoms with E-state index in [4.69, 9.17) is 28.4 Å². The molecule has 0 aliphatic rings. The van der Waals surface area contributed by atoms with Crippen LogP contribution in [0.4, 0.5) is 9.59 Å². The second kappa shape index (κ2) is 20.5. The fourth-order valence-electron chi connectivity index (χ4n) is 4.24. The molecule has 0 saturated heterocycles. The molecule has 0 saturated carbocycles. The zero-order chi connectivity index (χ0) is 34.0. The van der Waals surface area contributed by atoms with Gasteiger partial charge in [-0.25, -0.2) is 9.59 Å². The Morgan fingerprint density at radius 3 is 1.28 bits per heavy atom. The first-order chi connectivity index (χ1) is 21.7. The highest BCUT2D eigenvalue weighted by Gasteiger charge is 2.35. The summed E-state index contributed by atoms with van der Waals surface area (Å²) in [5.74, 6) is 0. The molecule has 46 heavy (non-hydrogen) atoms. The van der Waals surface area contributed by atoms with E-state index in [2.05, 4.69) is 49.9 Å². The molecule has 2 N–H and O–H groups in total. The summed E-state index contributed by atoms with van der Waals surface area (Å²) in [5.41, 5.74) is 1.75. The lowest BCUT2D eigenvalue weighted by Crippen LogP contribution is -2.56. The highest BCUT2D eigenvalue weighted by Crippen LogP contribution is 2.17. The zero-order valence-corrected chi connectivity index (χ0v) is 31.0. The summed E-state index contributed by atoms with van der Waals surface area (Å²) in [6.45, 7) is 18.7. The summed E-state index contributed by atoms with van der Waals surface area (Å²) >= 11 is 0. The molecular formula is C34H56N2O8Si2. The summed E-state index contributed by atoms with van der Waals surface area (Å²) in [5, 5.41) is 5.76. The van der Waals surface area contributed by atoms with E-state index < -0.39 is 52.6 Å². The van der Waals surface area contributed by atoms with E-state index in [1.54, 1.807) is 13.8 Å². The minimum absolute atomic E-state index is 0.0122. The molecule has 0 heterocycles. The van der Waals surface area contributed by atoms with Crippen LogP contribution < -0.4 is 10.6 Å². The third kappa shape index (κ3) is 17.8. The Balaban J connectivity index is 2.15. The zero-order valence-electron chi connectivity index (χ0n) is 29.0. The second-order valence-corrected chi connectivity index (χ2v) is 25.2. The van der Waals surface area contributed by atoms with Gasteiger partial charge in [0.15, 0.2) is 0 Å². The molecule has 0 aromatic heterocycles. The molecule has 0 fully saturated rings. The van der Waals surface area contributed by atoms with Gasteiger partial charge in [-0.1, -0.05) is 99.9 Å². The van der Waals surface area contributed by atoms with E-state index in [0.717, 1.165) is 23.2 Å².